The topological polar surface area (TPSA) is 47.3 Å². The second-order valence-electron chi connectivity index (χ2n) is 4.77. The predicted octanol–water partition coefficient (Wildman–Crippen LogP) is 0.881. The van der Waals surface area contributed by atoms with Crippen molar-refractivity contribution in [3.05, 3.63) is 0 Å². The summed E-state index contributed by atoms with van der Waals surface area (Å²) in [6.45, 7) is 7.97. The molecule has 0 spiro atoms. The van der Waals surface area contributed by atoms with Crippen molar-refractivity contribution in [1.29, 1.82) is 0 Å². The molecule has 0 saturated carbocycles. The number of nitrogens with two attached hydrogens (primary N) is 1. The summed E-state index contributed by atoms with van der Waals surface area (Å²) in [4.78, 5) is 0. The maximum Gasteiger partial charge on any atom is 0.0561 e. The van der Waals surface area contributed by atoms with E-state index >= 15 is 0 Å². The summed E-state index contributed by atoms with van der Waals surface area (Å²) in [5.41, 5.74) is 5.78. The Labute approximate surface area is 81.0 Å². The van der Waals surface area contributed by atoms with Crippen LogP contribution in [0.1, 0.15) is 33.6 Å². The van der Waals surface area contributed by atoms with E-state index in [0.717, 1.165) is 26.0 Å². The Morgan fingerprint density at radius 3 is 2.77 bits per heavy atom. The Bertz CT molecular complexity index is 153. The molecule has 0 aromatic carbocycles. The van der Waals surface area contributed by atoms with Crippen molar-refractivity contribution in [2.75, 3.05) is 13.2 Å². The first-order valence-electron chi connectivity index (χ1n) is 5.11. The fraction of sp³-hybridized carbons (Fsp3) is 1.00. The van der Waals surface area contributed by atoms with Crippen LogP contribution in [0, 0.1) is 0 Å². The van der Waals surface area contributed by atoms with Gasteiger partial charge < -0.3 is 15.8 Å². The van der Waals surface area contributed by atoms with Gasteiger partial charge in [-0.1, -0.05) is 0 Å². The van der Waals surface area contributed by atoms with Gasteiger partial charge in [0, 0.05) is 24.7 Å². The number of rotatable bonds is 3. The highest BCUT2D eigenvalue weighted by atomic mass is 16.5. The highest BCUT2D eigenvalue weighted by molar-refractivity contribution is 4.80. The third kappa shape index (κ3) is 4.60. The molecule has 1 fully saturated rings. The van der Waals surface area contributed by atoms with Crippen LogP contribution in [0.4, 0.5) is 0 Å². The molecule has 1 rings (SSSR count). The Morgan fingerprint density at radius 1 is 1.54 bits per heavy atom. The highest BCUT2D eigenvalue weighted by Gasteiger charge is 2.20. The van der Waals surface area contributed by atoms with Crippen LogP contribution in [-0.4, -0.2) is 30.8 Å². The summed E-state index contributed by atoms with van der Waals surface area (Å²) in [5.74, 6) is 0. The van der Waals surface area contributed by atoms with Crippen LogP contribution in [-0.2, 0) is 4.74 Å². The van der Waals surface area contributed by atoms with Crippen molar-refractivity contribution < 1.29 is 4.74 Å². The second-order valence-corrected chi connectivity index (χ2v) is 4.77. The molecule has 0 aromatic rings. The molecule has 0 bridgehead atoms. The molecule has 1 saturated heterocycles. The Morgan fingerprint density at radius 2 is 2.23 bits per heavy atom. The molecule has 0 radical (unpaired) electrons. The van der Waals surface area contributed by atoms with Gasteiger partial charge in [-0.2, -0.15) is 0 Å². The first-order chi connectivity index (χ1) is 5.97. The van der Waals surface area contributed by atoms with Gasteiger partial charge in [0.25, 0.3) is 0 Å². The van der Waals surface area contributed by atoms with Gasteiger partial charge in [-0.05, 0) is 33.6 Å². The highest BCUT2D eigenvalue weighted by Crippen LogP contribution is 2.13. The Kier molecular flexibility index (Phi) is 3.71. The third-order valence-electron chi connectivity index (χ3n) is 2.33. The average Bonchev–Trinajstić information content (AvgIpc) is 2.00. The zero-order valence-corrected chi connectivity index (χ0v) is 8.97. The van der Waals surface area contributed by atoms with Crippen molar-refractivity contribution in [1.82, 2.24) is 5.32 Å². The van der Waals surface area contributed by atoms with Gasteiger partial charge in [-0.15, -0.1) is 0 Å². The van der Waals surface area contributed by atoms with Crippen LogP contribution in [0.5, 0.6) is 0 Å². The smallest absolute Gasteiger partial charge is 0.0561 e. The van der Waals surface area contributed by atoms with Crippen molar-refractivity contribution in [3.8, 4) is 0 Å². The molecule has 1 aliphatic rings. The van der Waals surface area contributed by atoms with Gasteiger partial charge in [0.15, 0.2) is 0 Å². The van der Waals surface area contributed by atoms with Gasteiger partial charge in [-0.3, -0.25) is 0 Å². The average molecular weight is 186 g/mol. The summed E-state index contributed by atoms with van der Waals surface area (Å²) in [6, 6.07) is 0.589. The van der Waals surface area contributed by atoms with Crippen molar-refractivity contribution in [2.45, 2.75) is 51.3 Å². The van der Waals surface area contributed by atoms with E-state index in [0.29, 0.717) is 12.1 Å². The minimum atomic E-state index is -0.110. The van der Waals surface area contributed by atoms with Crippen LogP contribution >= 0.6 is 0 Å². The van der Waals surface area contributed by atoms with Crippen molar-refractivity contribution >= 4 is 0 Å². The summed E-state index contributed by atoms with van der Waals surface area (Å²) in [5, 5.41) is 3.49. The van der Waals surface area contributed by atoms with E-state index in [2.05, 4.69) is 12.2 Å². The van der Waals surface area contributed by atoms with E-state index < -0.39 is 0 Å². The number of hydrogen-bond donors (Lipinski definition) is 2. The van der Waals surface area contributed by atoms with E-state index in [1.807, 2.05) is 13.8 Å². The van der Waals surface area contributed by atoms with Gasteiger partial charge in [0.2, 0.25) is 0 Å². The van der Waals surface area contributed by atoms with E-state index in [1.165, 1.54) is 0 Å². The number of nitrogens with one attached hydrogen (secondary N) is 1. The van der Waals surface area contributed by atoms with Gasteiger partial charge in [-0.25, -0.2) is 0 Å². The fourth-order valence-electron chi connectivity index (χ4n) is 1.59. The van der Waals surface area contributed by atoms with Crippen molar-refractivity contribution in [2.24, 2.45) is 5.73 Å². The second kappa shape index (κ2) is 4.40. The lowest BCUT2D eigenvalue weighted by Gasteiger charge is -2.30. The first kappa shape index (κ1) is 11.0. The van der Waals surface area contributed by atoms with Crippen LogP contribution in [0.2, 0.25) is 0 Å². The molecule has 2 unspecified atom stereocenters. The maximum absolute atomic E-state index is 5.89. The largest absolute Gasteiger partial charge is 0.378 e. The van der Waals surface area contributed by atoms with E-state index in [4.69, 9.17) is 10.5 Å². The van der Waals surface area contributed by atoms with Crippen LogP contribution in [0.3, 0.4) is 0 Å². The van der Waals surface area contributed by atoms with Crippen LogP contribution in [0.15, 0.2) is 0 Å². The van der Waals surface area contributed by atoms with E-state index in [9.17, 15) is 0 Å². The Hall–Kier alpha value is -0.120. The zero-order chi connectivity index (χ0) is 9.90. The van der Waals surface area contributed by atoms with Gasteiger partial charge >= 0.3 is 0 Å². The fourth-order valence-corrected chi connectivity index (χ4v) is 1.59. The quantitative estimate of drug-likeness (QED) is 0.688. The Balaban J connectivity index is 2.21. The molecule has 0 amide bonds. The van der Waals surface area contributed by atoms with Crippen molar-refractivity contribution in [3.63, 3.8) is 0 Å². The zero-order valence-electron chi connectivity index (χ0n) is 8.97. The minimum Gasteiger partial charge on any atom is -0.378 e. The summed E-state index contributed by atoms with van der Waals surface area (Å²) in [7, 11) is 0. The predicted molar refractivity (Wildman–Crippen MR) is 54.7 cm³/mol. The molecule has 3 nitrogen and oxygen atoms in total. The van der Waals surface area contributed by atoms with Crippen LogP contribution < -0.4 is 11.1 Å². The maximum atomic E-state index is 5.89. The van der Waals surface area contributed by atoms with Gasteiger partial charge in [0.05, 0.1) is 6.10 Å². The van der Waals surface area contributed by atoms with Crippen LogP contribution in [0.25, 0.3) is 0 Å². The number of ether oxygens (including phenoxy) is 1. The lowest BCUT2D eigenvalue weighted by atomic mass is 10.0. The molecule has 0 aromatic heterocycles. The van der Waals surface area contributed by atoms with Gasteiger partial charge in [0.1, 0.15) is 0 Å². The molecular formula is C10H22N2O. The molecule has 2 atom stereocenters. The molecule has 13 heavy (non-hydrogen) atoms. The lowest BCUT2D eigenvalue weighted by Crippen LogP contribution is -2.48. The van der Waals surface area contributed by atoms with E-state index in [-0.39, 0.29) is 5.54 Å². The first-order valence-corrected chi connectivity index (χ1v) is 5.11. The summed E-state index contributed by atoms with van der Waals surface area (Å²) in [6.07, 6.45) is 2.61. The number of hydrogen-bond acceptors (Lipinski definition) is 3. The standard InChI is InChI=1S/C10H22N2O/c1-8-6-9(4-5-13-8)12-7-10(2,3)11/h8-9,12H,4-7,11H2,1-3H3. The molecule has 3 N–H and O–H groups in total. The molecular weight excluding hydrogens is 164 g/mol. The molecule has 1 heterocycles. The summed E-state index contributed by atoms with van der Waals surface area (Å²) < 4.78 is 5.47. The third-order valence-corrected chi connectivity index (χ3v) is 2.33. The summed E-state index contributed by atoms with van der Waals surface area (Å²) >= 11 is 0. The molecule has 1 aliphatic heterocycles. The normalized spacial score (nSPS) is 30.5. The molecule has 78 valence electrons. The minimum absolute atomic E-state index is 0.110. The molecule has 0 aliphatic carbocycles. The SMILES string of the molecule is CC1CC(NCC(C)(C)N)CCO1. The van der Waals surface area contributed by atoms with E-state index in [1.54, 1.807) is 0 Å². The molecule has 3 heteroatoms. The lowest BCUT2D eigenvalue weighted by molar-refractivity contribution is 0.0126. The monoisotopic (exact) mass is 186 g/mol.